The number of amides is 1. The number of anilines is 1. The highest BCUT2D eigenvalue weighted by Crippen LogP contribution is 2.28. The van der Waals surface area contributed by atoms with Crippen LogP contribution in [0.2, 0.25) is 0 Å². The number of sulfonamides is 1. The maximum absolute atomic E-state index is 12.5. The zero-order valence-corrected chi connectivity index (χ0v) is 18.8. The molecule has 1 aromatic heterocycles. The first-order valence-electron chi connectivity index (χ1n) is 9.88. The van der Waals surface area contributed by atoms with Crippen LogP contribution >= 0.6 is 0 Å². The summed E-state index contributed by atoms with van der Waals surface area (Å²) in [5.74, 6) is 0.284. The van der Waals surface area contributed by atoms with Crippen LogP contribution in [0.4, 0.5) is 5.69 Å². The van der Waals surface area contributed by atoms with Gasteiger partial charge in [0.25, 0.3) is 0 Å². The summed E-state index contributed by atoms with van der Waals surface area (Å²) >= 11 is 0. The predicted octanol–water partition coefficient (Wildman–Crippen LogP) is 3.25. The van der Waals surface area contributed by atoms with Crippen molar-refractivity contribution < 1.29 is 17.7 Å². The molecule has 0 radical (unpaired) electrons. The van der Waals surface area contributed by atoms with E-state index < -0.39 is 15.9 Å². The molecule has 0 aliphatic carbocycles. The Morgan fingerprint density at radius 1 is 1.13 bits per heavy atom. The highest BCUT2D eigenvalue weighted by Gasteiger charge is 2.24. The third-order valence-electron chi connectivity index (χ3n) is 4.73. The number of nitrogens with one attached hydrogen (secondary N) is 1. The molecule has 0 spiro atoms. The fourth-order valence-electron chi connectivity index (χ4n) is 3.09. The Bertz CT molecular complexity index is 1150. The molecule has 0 unspecified atom stereocenters. The van der Waals surface area contributed by atoms with Gasteiger partial charge in [0.05, 0.1) is 18.5 Å². The van der Waals surface area contributed by atoms with Crippen molar-refractivity contribution >= 4 is 21.6 Å². The normalized spacial score (nSPS) is 11.5. The molecule has 0 atom stereocenters. The molecule has 2 aromatic carbocycles. The van der Waals surface area contributed by atoms with E-state index in [0.717, 1.165) is 27.3 Å². The summed E-state index contributed by atoms with van der Waals surface area (Å²) in [7, 11) is -3.67. The number of hydrogen-bond acceptors (Lipinski definition) is 6. The predicted molar refractivity (Wildman–Crippen MR) is 119 cm³/mol. The topological polar surface area (TPSA) is 105 Å². The zero-order valence-electron chi connectivity index (χ0n) is 18.0. The first kappa shape index (κ1) is 22.5. The minimum atomic E-state index is -3.67. The van der Waals surface area contributed by atoms with E-state index in [-0.39, 0.29) is 24.9 Å². The van der Waals surface area contributed by atoms with Gasteiger partial charge in [0.15, 0.2) is 0 Å². The minimum absolute atomic E-state index is 0.00112. The highest BCUT2D eigenvalue weighted by atomic mass is 32.2. The van der Waals surface area contributed by atoms with Crippen LogP contribution in [0.15, 0.2) is 53.1 Å². The number of nitrogens with zero attached hydrogens (tertiary/aromatic N) is 3. The number of benzene rings is 2. The van der Waals surface area contributed by atoms with Crippen LogP contribution < -0.4 is 9.62 Å². The Hall–Kier alpha value is -3.20. The van der Waals surface area contributed by atoms with Gasteiger partial charge < -0.3 is 9.84 Å². The first-order chi connectivity index (χ1) is 14.6. The summed E-state index contributed by atoms with van der Waals surface area (Å²) < 4.78 is 31.1. The number of para-hydroxylation sites is 1. The van der Waals surface area contributed by atoms with Crippen molar-refractivity contribution in [3.63, 3.8) is 0 Å². The molecule has 0 bridgehead atoms. The zero-order chi connectivity index (χ0) is 22.6. The Morgan fingerprint density at radius 2 is 1.81 bits per heavy atom. The maximum Gasteiger partial charge on any atom is 0.246 e. The van der Waals surface area contributed by atoms with Gasteiger partial charge in [-0.1, -0.05) is 67.0 Å². The number of rotatable bonds is 8. The molecule has 0 aliphatic heterocycles. The fourth-order valence-corrected chi connectivity index (χ4v) is 3.97. The molecule has 0 fully saturated rings. The Balaban J connectivity index is 1.70. The molecule has 1 N–H and O–H groups in total. The molecule has 164 valence electrons. The molecule has 0 saturated carbocycles. The summed E-state index contributed by atoms with van der Waals surface area (Å²) in [6.45, 7) is 5.59. The van der Waals surface area contributed by atoms with Crippen molar-refractivity contribution in [3.05, 3.63) is 65.5 Å². The van der Waals surface area contributed by atoms with Gasteiger partial charge in [-0.15, -0.1) is 0 Å². The number of carbonyl (C=O) groups excluding carboxylic acids is 1. The van der Waals surface area contributed by atoms with Gasteiger partial charge in [0.1, 0.15) is 6.54 Å². The summed E-state index contributed by atoms with van der Waals surface area (Å²) in [4.78, 5) is 16.8. The average molecular weight is 443 g/mol. The van der Waals surface area contributed by atoms with E-state index in [9.17, 15) is 13.2 Å². The lowest BCUT2D eigenvalue weighted by molar-refractivity contribution is -0.119. The third-order valence-corrected chi connectivity index (χ3v) is 5.86. The molecule has 1 heterocycles. The van der Waals surface area contributed by atoms with Crippen LogP contribution in [0.5, 0.6) is 0 Å². The molecule has 0 aliphatic rings. The van der Waals surface area contributed by atoms with E-state index in [4.69, 9.17) is 4.52 Å². The van der Waals surface area contributed by atoms with Gasteiger partial charge in [0.2, 0.25) is 27.6 Å². The molecular formula is C22H26N4O4S. The second-order valence-corrected chi connectivity index (χ2v) is 9.54. The molecule has 9 heteroatoms. The smallest absolute Gasteiger partial charge is 0.246 e. The SMILES string of the molecule is Cc1ccc(-c2noc(CNC(=O)CN(c3ccccc3C(C)C)S(C)(=O)=O)n2)cc1. The van der Waals surface area contributed by atoms with E-state index in [2.05, 4.69) is 15.5 Å². The van der Waals surface area contributed by atoms with Crippen LogP contribution in [0.1, 0.15) is 36.8 Å². The largest absolute Gasteiger partial charge is 0.345 e. The third kappa shape index (κ3) is 5.69. The van der Waals surface area contributed by atoms with Crippen molar-refractivity contribution in [3.8, 4) is 11.4 Å². The van der Waals surface area contributed by atoms with Gasteiger partial charge >= 0.3 is 0 Å². The fraction of sp³-hybridized carbons (Fsp3) is 0.318. The van der Waals surface area contributed by atoms with Crippen molar-refractivity contribution in [1.29, 1.82) is 0 Å². The lowest BCUT2D eigenvalue weighted by atomic mass is 10.0. The molecule has 0 saturated heterocycles. The van der Waals surface area contributed by atoms with Gasteiger partial charge in [-0.3, -0.25) is 9.10 Å². The summed E-state index contributed by atoms with van der Waals surface area (Å²) in [5.41, 5.74) is 3.27. The van der Waals surface area contributed by atoms with Gasteiger partial charge in [-0.2, -0.15) is 4.98 Å². The van der Waals surface area contributed by atoms with Crippen molar-refractivity contribution in [2.45, 2.75) is 33.2 Å². The Morgan fingerprint density at radius 3 is 2.45 bits per heavy atom. The van der Waals surface area contributed by atoms with Crippen molar-refractivity contribution in [1.82, 2.24) is 15.5 Å². The molecule has 31 heavy (non-hydrogen) atoms. The second kappa shape index (κ2) is 9.30. The van der Waals surface area contributed by atoms with Crippen LogP contribution in [-0.2, 0) is 21.4 Å². The van der Waals surface area contributed by atoms with E-state index in [0.29, 0.717) is 11.5 Å². The van der Waals surface area contributed by atoms with Crippen molar-refractivity contribution in [2.24, 2.45) is 0 Å². The first-order valence-corrected chi connectivity index (χ1v) is 11.7. The standard InChI is InChI=1S/C22H26N4O4S/c1-15(2)18-7-5-6-8-19(18)26(31(4,28)29)14-20(27)23-13-21-24-22(25-30-21)17-11-9-16(3)10-12-17/h5-12,15H,13-14H2,1-4H3,(H,23,27). The molecule has 1 amide bonds. The van der Waals surface area contributed by atoms with Gasteiger partial charge in [-0.05, 0) is 24.5 Å². The quantitative estimate of drug-likeness (QED) is 0.574. The summed E-state index contributed by atoms with van der Waals surface area (Å²) in [5, 5.41) is 6.58. The van der Waals surface area contributed by atoms with Crippen LogP contribution in [0.3, 0.4) is 0 Å². The van der Waals surface area contributed by atoms with E-state index in [1.165, 1.54) is 0 Å². The number of hydrogen-bond donors (Lipinski definition) is 1. The van der Waals surface area contributed by atoms with Gasteiger partial charge in [0, 0.05) is 5.56 Å². The van der Waals surface area contributed by atoms with E-state index in [1.54, 1.807) is 12.1 Å². The molecule has 8 nitrogen and oxygen atoms in total. The van der Waals surface area contributed by atoms with E-state index >= 15 is 0 Å². The number of aromatic nitrogens is 2. The lowest BCUT2D eigenvalue weighted by Gasteiger charge is -2.25. The number of carbonyl (C=O) groups is 1. The number of aryl methyl sites for hydroxylation is 1. The van der Waals surface area contributed by atoms with Gasteiger partial charge in [-0.25, -0.2) is 8.42 Å². The Labute approximate surface area is 182 Å². The maximum atomic E-state index is 12.5. The lowest BCUT2D eigenvalue weighted by Crippen LogP contribution is -2.40. The molecule has 3 aromatic rings. The van der Waals surface area contributed by atoms with Crippen LogP contribution in [0, 0.1) is 6.92 Å². The summed E-state index contributed by atoms with van der Waals surface area (Å²) in [6.07, 6.45) is 1.09. The monoisotopic (exact) mass is 442 g/mol. The second-order valence-electron chi connectivity index (χ2n) is 7.64. The van der Waals surface area contributed by atoms with Crippen LogP contribution in [-0.4, -0.2) is 37.3 Å². The van der Waals surface area contributed by atoms with Crippen LogP contribution in [0.25, 0.3) is 11.4 Å². The molecule has 3 rings (SSSR count). The van der Waals surface area contributed by atoms with E-state index in [1.807, 2.05) is 57.2 Å². The molecular weight excluding hydrogens is 416 g/mol. The summed E-state index contributed by atoms with van der Waals surface area (Å²) in [6, 6.07) is 14.8. The Kier molecular flexibility index (Phi) is 6.74. The minimum Gasteiger partial charge on any atom is -0.345 e. The van der Waals surface area contributed by atoms with Crippen molar-refractivity contribution in [2.75, 3.05) is 17.1 Å². The average Bonchev–Trinajstić information content (AvgIpc) is 3.19. The highest BCUT2D eigenvalue weighted by molar-refractivity contribution is 7.92.